The molecule has 2 amide bonds. The van der Waals surface area contributed by atoms with Crippen LogP contribution in [0.4, 0.5) is 9.93 Å². The first kappa shape index (κ1) is 14.2. The van der Waals surface area contributed by atoms with Crippen LogP contribution < -0.4 is 10.6 Å². The summed E-state index contributed by atoms with van der Waals surface area (Å²) in [5.41, 5.74) is 0. The van der Waals surface area contributed by atoms with Gasteiger partial charge in [0, 0.05) is 13.0 Å². The zero-order chi connectivity index (χ0) is 13.7. The van der Waals surface area contributed by atoms with Crippen LogP contribution in [0.15, 0.2) is 0 Å². The standard InChI is InChI=1S/C12H20N4O2S/c1-3-5-10-15-16-12(19-10)14-11(17)13-8(2)9-6-4-7-18-9/h8-9H,3-7H2,1-2H3,(H2,13,14,16,17)/t8-,9-/m0/s1. The SMILES string of the molecule is CCCc1nnc(NC(=O)N[C@@H](C)[C@@H]2CCCO2)s1. The molecule has 1 fully saturated rings. The summed E-state index contributed by atoms with van der Waals surface area (Å²) >= 11 is 1.42. The van der Waals surface area contributed by atoms with E-state index in [9.17, 15) is 4.79 Å². The third kappa shape index (κ3) is 4.14. The maximum atomic E-state index is 11.8. The first-order chi connectivity index (χ1) is 9.19. The molecule has 1 aromatic rings. The van der Waals surface area contributed by atoms with E-state index in [0.717, 1.165) is 37.3 Å². The van der Waals surface area contributed by atoms with Crippen molar-refractivity contribution in [3.63, 3.8) is 0 Å². The number of nitrogens with one attached hydrogen (secondary N) is 2. The largest absolute Gasteiger partial charge is 0.376 e. The lowest BCUT2D eigenvalue weighted by Crippen LogP contribution is -2.42. The first-order valence-electron chi connectivity index (χ1n) is 6.70. The van der Waals surface area contributed by atoms with Gasteiger partial charge >= 0.3 is 6.03 Å². The summed E-state index contributed by atoms with van der Waals surface area (Å²) in [6.45, 7) is 4.83. The van der Waals surface area contributed by atoms with Gasteiger partial charge in [-0.2, -0.15) is 0 Å². The Morgan fingerprint density at radius 1 is 1.58 bits per heavy atom. The minimum absolute atomic E-state index is 0.00512. The fraction of sp³-hybridized carbons (Fsp3) is 0.750. The minimum atomic E-state index is -0.248. The number of hydrogen-bond acceptors (Lipinski definition) is 5. The smallest absolute Gasteiger partial charge is 0.321 e. The third-order valence-corrected chi connectivity index (χ3v) is 3.93. The topological polar surface area (TPSA) is 76.1 Å². The summed E-state index contributed by atoms with van der Waals surface area (Å²) in [5.74, 6) is 0. The van der Waals surface area contributed by atoms with E-state index >= 15 is 0 Å². The van der Waals surface area contributed by atoms with Gasteiger partial charge in [0.1, 0.15) is 5.01 Å². The number of ether oxygens (including phenoxy) is 1. The van der Waals surface area contributed by atoms with E-state index in [1.54, 1.807) is 0 Å². The molecular formula is C12H20N4O2S. The van der Waals surface area contributed by atoms with Crippen molar-refractivity contribution in [2.75, 3.05) is 11.9 Å². The van der Waals surface area contributed by atoms with Crippen molar-refractivity contribution in [1.82, 2.24) is 15.5 Å². The van der Waals surface area contributed by atoms with E-state index in [1.807, 2.05) is 6.92 Å². The highest BCUT2D eigenvalue weighted by Gasteiger charge is 2.23. The number of amides is 2. The molecule has 0 saturated carbocycles. The second kappa shape index (κ2) is 6.81. The number of aromatic nitrogens is 2. The van der Waals surface area contributed by atoms with Crippen LogP contribution in [0.1, 0.15) is 38.1 Å². The molecule has 1 aliphatic heterocycles. The van der Waals surface area contributed by atoms with E-state index in [4.69, 9.17) is 4.74 Å². The Bertz CT molecular complexity index is 418. The minimum Gasteiger partial charge on any atom is -0.376 e. The molecule has 0 radical (unpaired) electrons. The van der Waals surface area contributed by atoms with E-state index in [0.29, 0.717) is 5.13 Å². The van der Waals surface area contributed by atoms with Gasteiger partial charge in [0.05, 0.1) is 12.1 Å². The molecule has 7 heteroatoms. The number of rotatable bonds is 5. The van der Waals surface area contributed by atoms with Crippen molar-refractivity contribution in [1.29, 1.82) is 0 Å². The molecule has 106 valence electrons. The number of nitrogens with zero attached hydrogens (tertiary/aromatic N) is 2. The van der Waals surface area contributed by atoms with Crippen molar-refractivity contribution < 1.29 is 9.53 Å². The number of urea groups is 1. The van der Waals surface area contributed by atoms with Gasteiger partial charge < -0.3 is 10.1 Å². The van der Waals surface area contributed by atoms with Crippen LogP contribution in [0, 0.1) is 0 Å². The lowest BCUT2D eigenvalue weighted by atomic mass is 10.1. The van der Waals surface area contributed by atoms with E-state index in [-0.39, 0.29) is 18.2 Å². The van der Waals surface area contributed by atoms with Crippen molar-refractivity contribution in [2.45, 2.75) is 51.7 Å². The predicted molar refractivity (Wildman–Crippen MR) is 74.5 cm³/mol. The zero-order valence-corrected chi connectivity index (χ0v) is 12.1. The Labute approximate surface area is 116 Å². The number of anilines is 1. The summed E-state index contributed by atoms with van der Waals surface area (Å²) in [4.78, 5) is 11.8. The van der Waals surface area contributed by atoms with E-state index < -0.39 is 0 Å². The number of carbonyl (C=O) groups excluding carboxylic acids is 1. The van der Waals surface area contributed by atoms with Crippen molar-refractivity contribution in [3.8, 4) is 0 Å². The van der Waals surface area contributed by atoms with Crippen LogP contribution in [-0.2, 0) is 11.2 Å². The van der Waals surface area contributed by atoms with Gasteiger partial charge in [-0.1, -0.05) is 18.3 Å². The Morgan fingerprint density at radius 3 is 3.11 bits per heavy atom. The summed E-state index contributed by atoms with van der Waals surface area (Å²) < 4.78 is 5.53. The lowest BCUT2D eigenvalue weighted by molar-refractivity contribution is 0.0868. The molecule has 0 aliphatic carbocycles. The Hall–Kier alpha value is -1.21. The average molecular weight is 284 g/mol. The van der Waals surface area contributed by atoms with Crippen LogP contribution >= 0.6 is 11.3 Å². The fourth-order valence-corrected chi connectivity index (χ4v) is 2.89. The molecule has 1 aliphatic rings. The fourth-order valence-electron chi connectivity index (χ4n) is 2.05. The van der Waals surface area contributed by atoms with Gasteiger partial charge in [-0.3, -0.25) is 5.32 Å². The summed E-state index contributed by atoms with van der Waals surface area (Å²) in [5, 5.41) is 15.0. The van der Waals surface area contributed by atoms with Gasteiger partial charge in [0.2, 0.25) is 5.13 Å². The Kier molecular flexibility index (Phi) is 5.09. The van der Waals surface area contributed by atoms with Crippen LogP contribution in [-0.4, -0.2) is 35.0 Å². The molecule has 1 saturated heterocycles. The molecule has 2 N–H and O–H groups in total. The number of carbonyl (C=O) groups is 1. The van der Waals surface area contributed by atoms with E-state index in [2.05, 4.69) is 27.8 Å². The summed E-state index contributed by atoms with van der Waals surface area (Å²) in [6.07, 6.45) is 4.11. The molecule has 1 aromatic heterocycles. The van der Waals surface area contributed by atoms with Gasteiger partial charge in [0.15, 0.2) is 0 Å². The van der Waals surface area contributed by atoms with Crippen LogP contribution in [0.5, 0.6) is 0 Å². The predicted octanol–water partition coefficient (Wildman–Crippen LogP) is 2.18. The highest BCUT2D eigenvalue weighted by molar-refractivity contribution is 7.15. The molecule has 2 heterocycles. The molecular weight excluding hydrogens is 264 g/mol. The van der Waals surface area contributed by atoms with Crippen molar-refractivity contribution >= 4 is 22.5 Å². The monoisotopic (exact) mass is 284 g/mol. The Morgan fingerprint density at radius 2 is 2.42 bits per heavy atom. The molecule has 2 atom stereocenters. The number of hydrogen-bond donors (Lipinski definition) is 2. The van der Waals surface area contributed by atoms with Gasteiger partial charge in [-0.15, -0.1) is 10.2 Å². The van der Waals surface area contributed by atoms with Gasteiger partial charge in [0.25, 0.3) is 0 Å². The van der Waals surface area contributed by atoms with E-state index in [1.165, 1.54) is 11.3 Å². The quantitative estimate of drug-likeness (QED) is 0.869. The van der Waals surface area contributed by atoms with Gasteiger partial charge in [-0.25, -0.2) is 4.79 Å². The van der Waals surface area contributed by atoms with Crippen LogP contribution in [0.2, 0.25) is 0 Å². The second-order valence-corrected chi connectivity index (χ2v) is 5.75. The second-order valence-electron chi connectivity index (χ2n) is 4.69. The average Bonchev–Trinajstić information content (AvgIpc) is 3.00. The molecule has 0 unspecified atom stereocenters. The third-order valence-electron chi connectivity index (χ3n) is 3.03. The normalized spacial score (nSPS) is 20.2. The highest BCUT2D eigenvalue weighted by Crippen LogP contribution is 2.17. The maximum absolute atomic E-state index is 11.8. The van der Waals surface area contributed by atoms with Crippen LogP contribution in [0.25, 0.3) is 0 Å². The molecule has 0 spiro atoms. The first-order valence-corrected chi connectivity index (χ1v) is 7.52. The summed E-state index contributed by atoms with van der Waals surface area (Å²) in [7, 11) is 0. The van der Waals surface area contributed by atoms with Gasteiger partial charge in [-0.05, 0) is 26.2 Å². The maximum Gasteiger partial charge on any atom is 0.321 e. The lowest BCUT2D eigenvalue weighted by Gasteiger charge is -2.19. The van der Waals surface area contributed by atoms with Crippen molar-refractivity contribution in [2.24, 2.45) is 0 Å². The van der Waals surface area contributed by atoms with Crippen LogP contribution in [0.3, 0.4) is 0 Å². The molecule has 6 nitrogen and oxygen atoms in total. The molecule has 19 heavy (non-hydrogen) atoms. The Balaban J connectivity index is 1.79. The number of aryl methyl sites for hydroxylation is 1. The summed E-state index contributed by atoms with van der Waals surface area (Å²) in [6, 6.07) is -0.243. The molecule has 0 aromatic carbocycles. The highest BCUT2D eigenvalue weighted by atomic mass is 32.1. The van der Waals surface area contributed by atoms with Crippen molar-refractivity contribution in [3.05, 3.63) is 5.01 Å². The molecule has 2 rings (SSSR count). The zero-order valence-electron chi connectivity index (χ0n) is 11.3. The molecule has 0 bridgehead atoms.